The van der Waals surface area contributed by atoms with Gasteiger partial charge in [-0.3, -0.25) is 9.78 Å². The number of likely N-dealkylation sites (tertiary alicyclic amines) is 1. The molecule has 2 heterocycles. The number of carbonyl (C=O) groups excluding carboxylic acids is 1. The van der Waals surface area contributed by atoms with Crippen molar-refractivity contribution >= 4 is 12.0 Å². The Morgan fingerprint density at radius 1 is 1.36 bits per heavy atom. The predicted molar refractivity (Wildman–Crippen MR) is 94.6 cm³/mol. The van der Waals surface area contributed by atoms with Gasteiger partial charge in [-0.05, 0) is 30.2 Å². The molecule has 1 aromatic carbocycles. The van der Waals surface area contributed by atoms with Gasteiger partial charge in [0.2, 0.25) is 0 Å². The van der Waals surface area contributed by atoms with Gasteiger partial charge in [-0.1, -0.05) is 36.4 Å². The minimum absolute atomic E-state index is 0.189. The van der Waals surface area contributed by atoms with Crippen LogP contribution in [0.5, 0.6) is 0 Å². The van der Waals surface area contributed by atoms with Crippen molar-refractivity contribution in [2.45, 2.75) is 24.9 Å². The minimum Gasteiger partial charge on any atom is -0.394 e. The van der Waals surface area contributed by atoms with Crippen LogP contribution in [0.1, 0.15) is 34.3 Å². The van der Waals surface area contributed by atoms with E-state index >= 15 is 0 Å². The summed E-state index contributed by atoms with van der Waals surface area (Å²) in [5.74, 6) is -0.476. The first-order chi connectivity index (χ1) is 12.2. The molecule has 1 aliphatic rings. The molecule has 5 nitrogen and oxygen atoms in total. The second-order valence-corrected chi connectivity index (χ2v) is 5.97. The Labute approximate surface area is 146 Å². The second kappa shape index (κ2) is 7.29. The molecular weight excluding hydrogens is 314 g/mol. The van der Waals surface area contributed by atoms with Crippen LogP contribution in [0.3, 0.4) is 0 Å². The van der Waals surface area contributed by atoms with Crippen molar-refractivity contribution in [3.05, 3.63) is 71.6 Å². The van der Waals surface area contributed by atoms with Crippen molar-refractivity contribution in [3.8, 4) is 6.07 Å². The first-order valence-corrected chi connectivity index (χ1v) is 8.17. The maximum atomic E-state index is 12.7. The maximum absolute atomic E-state index is 12.7. The number of nitriles is 1. The Hall–Kier alpha value is -2.97. The van der Waals surface area contributed by atoms with E-state index in [1.807, 2.05) is 43.3 Å². The molecule has 5 heteroatoms. The molecule has 1 amide bonds. The highest BCUT2D eigenvalue weighted by molar-refractivity contribution is 5.95. The van der Waals surface area contributed by atoms with Crippen LogP contribution in [-0.4, -0.2) is 39.6 Å². The number of hydrogen-bond donors (Lipinski definition) is 1. The van der Waals surface area contributed by atoms with E-state index in [0.717, 1.165) is 11.1 Å². The van der Waals surface area contributed by atoms with Gasteiger partial charge in [-0.2, -0.15) is 5.26 Å². The summed E-state index contributed by atoms with van der Waals surface area (Å²) in [5, 5.41) is 19.4. The molecular formula is C20H19N3O2. The first-order valence-electron chi connectivity index (χ1n) is 8.17. The summed E-state index contributed by atoms with van der Waals surface area (Å²) in [5.41, 5.74) is 2.44. The third-order valence-corrected chi connectivity index (χ3v) is 4.55. The standard InChI is InChI=1S/C20H19N3O2/c1-2-4-14-6-8-15(9-7-14)19-17(11-21)23(18(19)13-24)20(25)16-5-3-10-22-12-16/h2-10,12,17-19,24H,13H2,1H3/t17-,18-,19+/m0/s1. The number of pyridine rings is 1. The maximum Gasteiger partial charge on any atom is 0.256 e. The number of amides is 1. The normalized spacial score (nSPS) is 22.4. The van der Waals surface area contributed by atoms with Crippen LogP contribution in [-0.2, 0) is 0 Å². The van der Waals surface area contributed by atoms with E-state index in [1.165, 1.54) is 11.1 Å². The highest BCUT2D eigenvalue weighted by Gasteiger charge is 2.51. The third-order valence-electron chi connectivity index (χ3n) is 4.55. The number of benzene rings is 1. The van der Waals surface area contributed by atoms with E-state index < -0.39 is 12.1 Å². The lowest BCUT2D eigenvalue weighted by Gasteiger charge is -2.51. The van der Waals surface area contributed by atoms with Crippen LogP contribution in [0, 0.1) is 11.3 Å². The average molecular weight is 333 g/mol. The molecule has 3 rings (SSSR count). The Morgan fingerprint density at radius 2 is 2.12 bits per heavy atom. The quantitative estimate of drug-likeness (QED) is 0.933. The van der Waals surface area contributed by atoms with Gasteiger partial charge in [0.1, 0.15) is 6.04 Å². The number of rotatable bonds is 4. The van der Waals surface area contributed by atoms with Gasteiger partial charge in [-0.25, -0.2) is 0 Å². The smallest absolute Gasteiger partial charge is 0.256 e. The molecule has 3 atom stereocenters. The minimum atomic E-state index is -0.600. The van der Waals surface area contributed by atoms with Crippen molar-refractivity contribution in [3.63, 3.8) is 0 Å². The molecule has 126 valence electrons. The zero-order valence-electron chi connectivity index (χ0n) is 13.9. The molecule has 0 radical (unpaired) electrons. The molecule has 0 aliphatic carbocycles. The Kier molecular flexibility index (Phi) is 4.92. The van der Waals surface area contributed by atoms with Gasteiger partial charge < -0.3 is 10.0 Å². The van der Waals surface area contributed by atoms with E-state index in [4.69, 9.17) is 0 Å². The summed E-state index contributed by atoms with van der Waals surface area (Å²) in [6.45, 7) is 1.76. The SMILES string of the molecule is CC=Cc1ccc([C@@H]2[C@H](C#N)N(C(=O)c3cccnc3)[C@H]2CO)cc1. The summed E-state index contributed by atoms with van der Waals surface area (Å²) < 4.78 is 0. The molecule has 1 N–H and O–H groups in total. The van der Waals surface area contributed by atoms with Crippen LogP contribution >= 0.6 is 0 Å². The predicted octanol–water partition coefficient (Wildman–Crippen LogP) is 2.61. The Morgan fingerprint density at radius 3 is 2.68 bits per heavy atom. The molecule has 0 bridgehead atoms. The fraction of sp³-hybridized carbons (Fsp3) is 0.250. The number of nitrogens with zero attached hydrogens (tertiary/aromatic N) is 3. The lowest BCUT2D eigenvalue weighted by Crippen LogP contribution is -2.65. The largest absolute Gasteiger partial charge is 0.394 e. The van der Waals surface area contributed by atoms with E-state index in [2.05, 4.69) is 11.1 Å². The lowest BCUT2D eigenvalue weighted by atomic mass is 9.75. The zero-order chi connectivity index (χ0) is 17.8. The van der Waals surface area contributed by atoms with Gasteiger partial charge in [-0.15, -0.1) is 0 Å². The summed E-state index contributed by atoms with van der Waals surface area (Å²) in [4.78, 5) is 18.1. The number of hydrogen-bond acceptors (Lipinski definition) is 4. The molecule has 1 saturated heterocycles. The summed E-state index contributed by atoms with van der Waals surface area (Å²) in [6, 6.07) is 12.4. The number of aromatic nitrogens is 1. The number of allylic oxidation sites excluding steroid dienone is 1. The molecule has 0 saturated carbocycles. The van der Waals surface area contributed by atoms with Gasteiger partial charge >= 0.3 is 0 Å². The molecule has 1 fully saturated rings. The number of aliphatic hydroxyl groups is 1. The van der Waals surface area contributed by atoms with Gasteiger partial charge in [0, 0.05) is 18.3 Å². The summed E-state index contributed by atoms with van der Waals surface area (Å²) in [7, 11) is 0. The Balaban J connectivity index is 1.87. The van der Waals surface area contributed by atoms with Crippen LogP contribution in [0.2, 0.25) is 0 Å². The van der Waals surface area contributed by atoms with Crippen molar-refractivity contribution in [1.29, 1.82) is 5.26 Å². The van der Waals surface area contributed by atoms with Gasteiger partial charge in [0.25, 0.3) is 5.91 Å². The third kappa shape index (κ3) is 3.04. The lowest BCUT2D eigenvalue weighted by molar-refractivity contribution is -0.00588. The van der Waals surface area contributed by atoms with Crippen molar-refractivity contribution < 1.29 is 9.90 Å². The van der Waals surface area contributed by atoms with E-state index in [-0.39, 0.29) is 18.4 Å². The highest BCUT2D eigenvalue weighted by Crippen LogP contribution is 2.41. The van der Waals surface area contributed by atoms with Crippen molar-refractivity contribution in [2.75, 3.05) is 6.61 Å². The van der Waals surface area contributed by atoms with Crippen molar-refractivity contribution in [2.24, 2.45) is 0 Å². The second-order valence-electron chi connectivity index (χ2n) is 5.97. The molecule has 1 aliphatic heterocycles. The van der Waals surface area contributed by atoms with Crippen LogP contribution in [0.15, 0.2) is 54.9 Å². The van der Waals surface area contributed by atoms with E-state index in [1.54, 1.807) is 18.3 Å². The zero-order valence-corrected chi connectivity index (χ0v) is 13.9. The first kappa shape index (κ1) is 16.9. The van der Waals surface area contributed by atoms with E-state index in [9.17, 15) is 15.2 Å². The number of aliphatic hydroxyl groups excluding tert-OH is 1. The average Bonchev–Trinajstić information content (AvgIpc) is 2.64. The molecule has 0 unspecified atom stereocenters. The highest BCUT2D eigenvalue weighted by atomic mass is 16.3. The molecule has 0 spiro atoms. The fourth-order valence-electron chi connectivity index (χ4n) is 3.35. The molecule has 2 aromatic rings. The monoisotopic (exact) mass is 333 g/mol. The number of carbonyl (C=O) groups is 1. The van der Waals surface area contributed by atoms with Crippen molar-refractivity contribution in [1.82, 2.24) is 9.88 Å². The summed E-state index contributed by atoms with van der Waals surface area (Å²) >= 11 is 0. The van der Waals surface area contributed by atoms with Crippen LogP contribution in [0.25, 0.3) is 6.08 Å². The molecule has 25 heavy (non-hydrogen) atoms. The Bertz CT molecular complexity index is 809. The topological polar surface area (TPSA) is 77.2 Å². The van der Waals surface area contributed by atoms with Gasteiger partial charge in [0.15, 0.2) is 0 Å². The summed E-state index contributed by atoms with van der Waals surface area (Å²) in [6.07, 6.45) is 7.02. The fourth-order valence-corrected chi connectivity index (χ4v) is 3.35. The van der Waals surface area contributed by atoms with Crippen LogP contribution < -0.4 is 0 Å². The van der Waals surface area contributed by atoms with Crippen LogP contribution in [0.4, 0.5) is 0 Å². The molecule has 1 aromatic heterocycles. The van der Waals surface area contributed by atoms with Gasteiger partial charge in [0.05, 0.1) is 24.3 Å². The van der Waals surface area contributed by atoms with E-state index in [0.29, 0.717) is 5.56 Å².